The molecule has 0 saturated heterocycles. The molecule has 0 aliphatic heterocycles. The third kappa shape index (κ3) is 5.82. The topological polar surface area (TPSA) is 59.9 Å². The number of methoxy groups -OCH3 is 1. The molecule has 0 atom stereocenters. The molecule has 6 heteroatoms. The van der Waals surface area contributed by atoms with Gasteiger partial charge < -0.3 is 14.8 Å². The smallest absolute Gasteiger partial charge is 0.262 e. The third-order valence-electron chi connectivity index (χ3n) is 4.36. The van der Waals surface area contributed by atoms with Crippen LogP contribution < -0.4 is 14.8 Å². The number of nitrogens with one attached hydrogen (secondary N) is 1. The lowest BCUT2D eigenvalue weighted by Gasteiger charge is -2.13. The zero-order valence-corrected chi connectivity index (χ0v) is 19.3. The van der Waals surface area contributed by atoms with Crippen LogP contribution in [-0.2, 0) is 4.79 Å². The van der Waals surface area contributed by atoms with Crippen LogP contribution in [0, 0.1) is 17.4 Å². The molecule has 1 amide bonds. The van der Waals surface area contributed by atoms with Crippen LogP contribution in [0.1, 0.15) is 16.7 Å². The molecular weight excluding hydrogens is 491 g/mol. The first-order chi connectivity index (χ1) is 14.5. The maximum atomic E-state index is 12.2. The van der Waals surface area contributed by atoms with E-state index in [0.717, 1.165) is 26.1 Å². The average molecular weight is 514 g/mol. The molecule has 0 spiro atoms. The molecule has 3 aromatic rings. The first-order valence-corrected chi connectivity index (χ1v) is 10.5. The van der Waals surface area contributed by atoms with Gasteiger partial charge in [0.25, 0.3) is 5.91 Å². The molecule has 30 heavy (non-hydrogen) atoms. The van der Waals surface area contributed by atoms with E-state index in [4.69, 9.17) is 9.47 Å². The highest BCUT2D eigenvalue weighted by Crippen LogP contribution is 2.34. The molecule has 3 rings (SSSR count). The number of amides is 1. The van der Waals surface area contributed by atoms with Crippen molar-refractivity contribution in [1.82, 2.24) is 0 Å². The Morgan fingerprint density at radius 1 is 1.10 bits per heavy atom. The molecule has 0 aliphatic carbocycles. The Morgan fingerprint density at radius 3 is 2.57 bits per heavy atom. The van der Waals surface area contributed by atoms with Crippen molar-refractivity contribution >= 4 is 46.1 Å². The molecule has 1 N–H and O–H groups in total. The summed E-state index contributed by atoms with van der Waals surface area (Å²) < 4.78 is 12.1. The number of ether oxygens (including phenoxy) is 2. The summed E-state index contributed by atoms with van der Waals surface area (Å²) in [5.74, 6) is 0.848. The normalized spacial score (nSPS) is 10.8. The summed E-state index contributed by atoms with van der Waals surface area (Å²) in [6.07, 6.45) is 1.80. The number of anilines is 1. The molecule has 5 nitrogen and oxygen atoms in total. The van der Waals surface area contributed by atoms with Crippen LogP contribution in [-0.4, -0.2) is 25.8 Å². The zero-order valence-electron chi connectivity index (χ0n) is 17.1. The molecule has 0 saturated carbocycles. The molecular formula is C24H23IN2O3. The van der Waals surface area contributed by atoms with E-state index in [0.29, 0.717) is 11.5 Å². The SMILES string of the molecule is COc1cc(C=Nc2ccc(C)cc2C)cc(I)c1OCC(=O)Nc1ccccc1. The summed E-state index contributed by atoms with van der Waals surface area (Å²) in [6.45, 7) is 3.99. The van der Waals surface area contributed by atoms with Gasteiger partial charge >= 0.3 is 0 Å². The van der Waals surface area contributed by atoms with Gasteiger partial charge in [-0.3, -0.25) is 9.79 Å². The number of nitrogens with zero attached hydrogens (tertiary/aromatic N) is 1. The standard InChI is InChI=1S/C24H23IN2O3/c1-16-9-10-21(17(2)11-16)26-14-18-12-20(25)24(22(13-18)29-3)30-15-23(28)27-19-7-5-4-6-8-19/h4-14H,15H2,1-3H3,(H,27,28). The number of aliphatic imine (C=N–C) groups is 1. The maximum Gasteiger partial charge on any atom is 0.262 e. The van der Waals surface area contributed by atoms with Crippen LogP contribution in [0.2, 0.25) is 0 Å². The second-order valence-corrected chi connectivity index (χ2v) is 7.95. The van der Waals surface area contributed by atoms with Crippen molar-refractivity contribution < 1.29 is 14.3 Å². The summed E-state index contributed by atoms with van der Waals surface area (Å²) in [7, 11) is 1.58. The van der Waals surface area contributed by atoms with E-state index in [2.05, 4.69) is 45.9 Å². The fourth-order valence-corrected chi connectivity index (χ4v) is 3.69. The van der Waals surface area contributed by atoms with Crippen molar-refractivity contribution in [2.24, 2.45) is 4.99 Å². The van der Waals surface area contributed by atoms with Gasteiger partial charge in [-0.1, -0.05) is 35.9 Å². The second-order valence-electron chi connectivity index (χ2n) is 6.79. The quantitative estimate of drug-likeness (QED) is 0.326. The predicted octanol–water partition coefficient (Wildman–Crippen LogP) is 5.68. The van der Waals surface area contributed by atoms with Crippen molar-refractivity contribution in [1.29, 1.82) is 0 Å². The van der Waals surface area contributed by atoms with Crippen molar-refractivity contribution in [3.05, 3.63) is 80.9 Å². The molecule has 0 bridgehead atoms. The second kappa shape index (κ2) is 10.2. The van der Waals surface area contributed by atoms with Gasteiger partial charge in [-0.25, -0.2) is 0 Å². The molecule has 0 heterocycles. The number of para-hydroxylation sites is 1. The Balaban J connectivity index is 1.72. The molecule has 154 valence electrons. The lowest BCUT2D eigenvalue weighted by molar-refractivity contribution is -0.118. The molecule has 0 radical (unpaired) electrons. The minimum absolute atomic E-state index is 0.114. The number of hydrogen-bond acceptors (Lipinski definition) is 4. The minimum atomic E-state index is -0.237. The van der Waals surface area contributed by atoms with Crippen LogP contribution >= 0.6 is 22.6 Å². The summed E-state index contributed by atoms with van der Waals surface area (Å²) in [5, 5.41) is 2.80. The lowest BCUT2D eigenvalue weighted by atomic mass is 10.1. The molecule has 0 aliphatic rings. The summed E-state index contributed by atoms with van der Waals surface area (Å²) >= 11 is 2.17. The average Bonchev–Trinajstić information content (AvgIpc) is 2.72. The van der Waals surface area contributed by atoms with E-state index < -0.39 is 0 Å². The van der Waals surface area contributed by atoms with Crippen molar-refractivity contribution in [3.63, 3.8) is 0 Å². The monoisotopic (exact) mass is 514 g/mol. The first kappa shape index (κ1) is 21.8. The van der Waals surface area contributed by atoms with Gasteiger partial charge in [0.2, 0.25) is 0 Å². The van der Waals surface area contributed by atoms with Gasteiger partial charge in [0.05, 0.1) is 16.4 Å². The first-order valence-electron chi connectivity index (χ1n) is 9.43. The van der Waals surface area contributed by atoms with E-state index in [9.17, 15) is 4.79 Å². The van der Waals surface area contributed by atoms with Gasteiger partial charge in [0.1, 0.15) is 0 Å². The molecule has 0 unspecified atom stereocenters. The van der Waals surface area contributed by atoms with Crippen LogP contribution in [0.3, 0.4) is 0 Å². The van der Waals surface area contributed by atoms with Crippen molar-refractivity contribution in [2.45, 2.75) is 13.8 Å². The summed E-state index contributed by atoms with van der Waals surface area (Å²) in [5.41, 5.74) is 4.87. The molecule has 3 aromatic carbocycles. The zero-order chi connectivity index (χ0) is 21.5. The van der Waals surface area contributed by atoms with E-state index >= 15 is 0 Å². The van der Waals surface area contributed by atoms with E-state index in [1.165, 1.54) is 5.56 Å². The Morgan fingerprint density at radius 2 is 1.87 bits per heavy atom. The van der Waals surface area contributed by atoms with Crippen LogP contribution in [0.15, 0.2) is 65.7 Å². The Labute approximate surface area is 190 Å². The van der Waals surface area contributed by atoms with E-state index in [1.807, 2.05) is 61.5 Å². The fourth-order valence-electron chi connectivity index (χ4n) is 2.90. The van der Waals surface area contributed by atoms with Crippen molar-refractivity contribution in [3.8, 4) is 11.5 Å². The number of rotatable bonds is 7. The Bertz CT molecular complexity index is 1070. The highest BCUT2D eigenvalue weighted by atomic mass is 127. The highest BCUT2D eigenvalue weighted by Gasteiger charge is 2.13. The lowest BCUT2D eigenvalue weighted by Crippen LogP contribution is -2.20. The number of hydrogen-bond donors (Lipinski definition) is 1. The van der Waals surface area contributed by atoms with E-state index in [1.54, 1.807) is 13.3 Å². The summed E-state index contributed by atoms with van der Waals surface area (Å²) in [4.78, 5) is 16.8. The van der Waals surface area contributed by atoms with Crippen LogP contribution in [0.25, 0.3) is 0 Å². The molecule has 0 fully saturated rings. The highest BCUT2D eigenvalue weighted by molar-refractivity contribution is 14.1. The van der Waals surface area contributed by atoms with Gasteiger partial charge in [-0.05, 0) is 77.9 Å². The number of carbonyl (C=O) groups excluding carboxylic acids is 1. The van der Waals surface area contributed by atoms with Gasteiger partial charge in [0.15, 0.2) is 18.1 Å². The summed E-state index contributed by atoms with van der Waals surface area (Å²) in [6, 6.07) is 19.2. The fraction of sp³-hybridized carbons (Fsp3) is 0.167. The number of carbonyl (C=O) groups is 1. The van der Waals surface area contributed by atoms with Crippen molar-refractivity contribution in [2.75, 3.05) is 19.0 Å². The minimum Gasteiger partial charge on any atom is -0.493 e. The van der Waals surface area contributed by atoms with Crippen LogP contribution in [0.4, 0.5) is 11.4 Å². The largest absolute Gasteiger partial charge is 0.493 e. The third-order valence-corrected chi connectivity index (χ3v) is 5.16. The van der Waals surface area contributed by atoms with Gasteiger partial charge in [0, 0.05) is 11.9 Å². The Kier molecular flexibility index (Phi) is 7.46. The van der Waals surface area contributed by atoms with E-state index in [-0.39, 0.29) is 12.5 Å². The Hall–Kier alpha value is -2.87. The van der Waals surface area contributed by atoms with Gasteiger partial charge in [-0.2, -0.15) is 0 Å². The predicted molar refractivity (Wildman–Crippen MR) is 129 cm³/mol. The number of benzene rings is 3. The molecule has 0 aromatic heterocycles. The van der Waals surface area contributed by atoms with Gasteiger partial charge in [-0.15, -0.1) is 0 Å². The number of halogens is 1. The van der Waals surface area contributed by atoms with Crippen LogP contribution in [0.5, 0.6) is 11.5 Å². The number of aryl methyl sites for hydroxylation is 2. The maximum absolute atomic E-state index is 12.2.